The van der Waals surface area contributed by atoms with Gasteiger partial charge in [-0.25, -0.2) is 0 Å². The van der Waals surface area contributed by atoms with E-state index in [1.165, 1.54) is 0 Å². The number of rotatable bonds is 13. The predicted molar refractivity (Wildman–Crippen MR) is 194 cm³/mol. The van der Waals surface area contributed by atoms with E-state index in [1.54, 1.807) is 11.8 Å². The maximum absolute atomic E-state index is 14.1. The molecule has 1 aliphatic heterocycles. The molecule has 0 saturated carbocycles. The number of hydrogen-bond donors (Lipinski definition) is 0. The summed E-state index contributed by atoms with van der Waals surface area (Å²) in [6.45, 7) is 1.58. The molecule has 244 valence electrons. The first-order valence-corrected chi connectivity index (χ1v) is 17.3. The summed E-state index contributed by atoms with van der Waals surface area (Å²) >= 11 is 1.62. The Kier molecular flexibility index (Phi) is 10.2. The summed E-state index contributed by atoms with van der Waals surface area (Å²) in [6.07, 6.45) is 0.285. The van der Waals surface area contributed by atoms with Crippen LogP contribution < -0.4 is 18.9 Å². The average molecular weight is 665 g/mol. The second kappa shape index (κ2) is 15.6. The molecule has 49 heavy (non-hydrogen) atoms. The summed E-state index contributed by atoms with van der Waals surface area (Å²) in [6, 6.07) is 49.8. The molecule has 7 rings (SSSR count). The zero-order valence-corrected chi connectivity index (χ0v) is 27.8. The summed E-state index contributed by atoms with van der Waals surface area (Å²) < 4.78 is 25.3. The highest BCUT2D eigenvalue weighted by Gasteiger charge is 2.34. The van der Waals surface area contributed by atoms with Crippen LogP contribution in [0.4, 0.5) is 0 Å². The van der Waals surface area contributed by atoms with Gasteiger partial charge >= 0.3 is 0 Å². The lowest BCUT2D eigenvalue weighted by molar-refractivity contribution is 0.0970. The van der Waals surface area contributed by atoms with E-state index in [0.29, 0.717) is 55.0 Å². The van der Waals surface area contributed by atoms with Gasteiger partial charge in [0, 0.05) is 23.3 Å². The van der Waals surface area contributed by atoms with Gasteiger partial charge in [-0.2, -0.15) is 0 Å². The van der Waals surface area contributed by atoms with Gasteiger partial charge in [0.2, 0.25) is 0 Å². The smallest absolute Gasteiger partial charge is 0.169 e. The monoisotopic (exact) mass is 664 g/mol. The van der Waals surface area contributed by atoms with Crippen molar-refractivity contribution in [1.29, 1.82) is 0 Å². The number of carbonyl (C=O) groups excluding carboxylic acids is 1. The molecule has 6 heteroatoms. The van der Waals surface area contributed by atoms with E-state index < -0.39 is 0 Å². The molecule has 0 N–H and O–H groups in total. The fourth-order valence-corrected chi connectivity index (χ4v) is 7.15. The van der Waals surface area contributed by atoms with E-state index in [9.17, 15) is 4.79 Å². The molecule has 0 bridgehead atoms. The van der Waals surface area contributed by atoms with Gasteiger partial charge in [-0.3, -0.25) is 4.79 Å². The Hall–Kier alpha value is -5.46. The molecule has 0 aromatic heterocycles. The third kappa shape index (κ3) is 8.16. The molecule has 0 radical (unpaired) electrons. The number of Topliss-reactive ketones (excluding diaryl/α,β-unsaturated/α-hetero) is 1. The molecule has 0 spiro atoms. The van der Waals surface area contributed by atoms with Crippen molar-refractivity contribution in [3.63, 3.8) is 0 Å². The fourth-order valence-electron chi connectivity index (χ4n) is 5.73. The van der Waals surface area contributed by atoms with E-state index >= 15 is 0 Å². The second-order valence-electron chi connectivity index (χ2n) is 11.8. The first kappa shape index (κ1) is 32.1. The highest BCUT2D eigenvalue weighted by atomic mass is 32.2. The Labute approximate surface area is 291 Å². The minimum atomic E-state index is -0.211. The molecule has 1 atom stereocenters. The Morgan fingerprint density at radius 2 is 0.939 bits per heavy atom. The van der Waals surface area contributed by atoms with Crippen LogP contribution in [0.25, 0.3) is 0 Å². The molecule has 1 unspecified atom stereocenters. The molecule has 1 heterocycles. The first-order valence-electron chi connectivity index (χ1n) is 16.4. The number of fused-ring (bicyclic) bond motifs is 1. The second-order valence-corrected chi connectivity index (χ2v) is 13.0. The summed E-state index contributed by atoms with van der Waals surface area (Å²) in [7, 11) is 0. The number of benzene rings is 6. The minimum absolute atomic E-state index is 0.00499. The number of hydrogen-bond acceptors (Lipinski definition) is 6. The maximum atomic E-state index is 14.1. The number of carbonyl (C=O) groups is 1. The van der Waals surface area contributed by atoms with Crippen LogP contribution >= 0.6 is 11.8 Å². The van der Waals surface area contributed by atoms with Crippen LogP contribution in [0.5, 0.6) is 23.0 Å². The Balaban J connectivity index is 1.20. The highest BCUT2D eigenvalue weighted by molar-refractivity contribution is 7.99. The van der Waals surface area contributed by atoms with Crippen LogP contribution in [0.1, 0.15) is 49.8 Å². The summed E-state index contributed by atoms with van der Waals surface area (Å²) in [5.74, 6) is 2.61. The van der Waals surface area contributed by atoms with E-state index in [4.69, 9.17) is 18.9 Å². The summed E-state index contributed by atoms with van der Waals surface area (Å²) in [5, 5.41) is -0.211. The van der Waals surface area contributed by atoms with Crippen LogP contribution in [0.3, 0.4) is 0 Å². The van der Waals surface area contributed by atoms with E-state index in [2.05, 4.69) is 0 Å². The quantitative estimate of drug-likeness (QED) is 0.122. The van der Waals surface area contributed by atoms with Crippen molar-refractivity contribution in [2.45, 2.75) is 43.0 Å². The zero-order chi connectivity index (χ0) is 33.3. The van der Waals surface area contributed by atoms with E-state index in [0.717, 1.165) is 32.7 Å². The van der Waals surface area contributed by atoms with Crippen LogP contribution in [-0.2, 0) is 26.4 Å². The third-order valence-corrected chi connectivity index (χ3v) is 9.63. The summed E-state index contributed by atoms with van der Waals surface area (Å²) in [5.41, 5.74) is 5.71. The van der Waals surface area contributed by atoms with Crippen LogP contribution in [-0.4, -0.2) is 5.78 Å². The molecule has 0 amide bonds. The molecule has 6 aromatic carbocycles. The Bertz CT molecular complexity index is 1980. The largest absolute Gasteiger partial charge is 0.489 e. The lowest BCUT2D eigenvalue weighted by atomic mass is 9.99. The van der Waals surface area contributed by atoms with Gasteiger partial charge in [-0.1, -0.05) is 127 Å². The van der Waals surface area contributed by atoms with Crippen LogP contribution in [0, 0.1) is 0 Å². The first-order chi connectivity index (χ1) is 24.2. The number of thioether (sulfide) groups is 1. The molecule has 1 aliphatic rings. The Morgan fingerprint density at radius 3 is 1.47 bits per heavy atom. The third-order valence-electron chi connectivity index (χ3n) is 8.28. The van der Waals surface area contributed by atoms with Crippen LogP contribution in [0.15, 0.2) is 157 Å². The van der Waals surface area contributed by atoms with Gasteiger partial charge in [-0.15, -0.1) is 11.8 Å². The normalized spacial score (nSPS) is 13.7. The van der Waals surface area contributed by atoms with Gasteiger partial charge in [0.1, 0.15) is 49.4 Å². The molecular weight excluding hydrogens is 629 g/mol. The topological polar surface area (TPSA) is 54.0 Å². The van der Waals surface area contributed by atoms with Gasteiger partial charge in [-0.05, 0) is 40.5 Å². The van der Waals surface area contributed by atoms with Crippen molar-refractivity contribution in [2.24, 2.45) is 0 Å². The number of ketones is 1. The summed E-state index contributed by atoms with van der Waals surface area (Å²) in [4.78, 5) is 14.9. The van der Waals surface area contributed by atoms with Gasteiger partial charge in [0.25, 0.3) is 0 Å². The van der Waals surface area contributed by atoms with E-state index in [1.807, 2.05) is 152 Å². The minimum Gasteiger partial charge on any atom is -0.489 e. The van der Waals surface area contributed by atoms with E-state index in [-0.39, 0.29) is 17.5 Å². The van der Waals surface area contributed by atoms with Crippen molar-refractivity contribution in [3.8, 4) is 23.0 Å². The molecule has 5 nitrogen and oxygen atoms in total. The van der Waals surface area contributed by atoms with Gasteiger partial charge in [0.05, 0.1) is 10.5 Å². The lowest BCUT2D eigenvalue weighted by Crippen LogP contribution is -2.16. The van der Waals surface area contributed by atoms with Crippen molar-refractivity contribution in [2.75, 3.05) is 0 Å². The van der Waals surface area contributed by atoms with Gasteiger partial charge in [0.15, 0.2) is 5.78 Å². The predicted octanol–water partition coefficient (Wildman–Crippen LogP) is 10.4. The Morgan fingerprint density at radius 1 is 0.490 bits per heavy atom. The van der Waals surface area contributed by atoms with Gasteiger partial charge < -0.3 is 18.9 Å². The number of ether oxygens (including phenoxy) is 4. The lowest BCUT2D eigenvalue weighted by Gasteiger charge is -2.28. The zero-order valence-electron chi connectivity index (χ0n) is 27.0. The standard InChI is InChI=1S/C43H36O5S/c44-37-26-41(36-22-21-35(45-27-31-13-5-1-6-14-31)25-40(36)48-30-34-19-11-4-12-20-34)49-43-39(47-29-33-17-9-3-10-18-33)24-23-38(42(37)43)46-28-32-15-7-2-8-16-32/h1-25,41H,26-30H2. The van der Waals surface area contributed by atoms with Crippen molar-refractivity contribution >= 4 is 17.5 Å². The molecule has 0 saturated heterocycles. The van der Waals surface area contributed by atoms with Crippen LogP contribution in [0.2, 0.25) is 0 Å². The molecular formula is C43H36O5S. The molecule has 0 aliphatic carbocycles. The van der Waals surface area contributed by atoms with Crippen molar-refractivity contribution in [1.82, 2.24) is 0 Å². The average Bonchev–Trinajstić information content (AvgIpc) is 3.16. The molecule has 0 fully saturated rings. The fraction of sp³-hybridized carbons (Fsp3) is 0.140. The van der Waals surface area contributed by atoms with Crippen molar-refractivity contribution in [3.05, 3.63) is 185 Å². The molecule has 6 aromatic rings. The SMILES string of the molecule is O=C1CC(c2ccc(OCc3ccccc3)cc2OCc2ccccc2)Sc2c(OCc3ccccc3)ccc(OCc3ccccc3)c21. The maximum Gasteiger partial charge on any atom is 0.169 e. The highest BCUT2D eigenvalue weighted by Crippen LogP contribution is 2.53. The van der Waals surface area contributed by atoms with Crippen molar-refractivity contribution < 1.29 is 23.7 Å².